The van der Waals surface area contributed by atoms with Crippen LogP contribution in [0.5, 0.6) is 5.75 Å². The molecule has 0 aliphatic heterocycles. The number of para-hydroxylation sites is 2. The van der Waals surface area contributed by atoms with Gasteiger partial charge in [0.1, 0.15) is 17.4 Å². The molecule has 0 radical (unpaired) electrons. The van der Waals surface area contributed by atoms with Crippen molar-refractivity contribution >= 4 is 11.6 Å². The van der Waals surface area contributed by atoms with E-state index < -0.39 is 5.91 Å². The molecule has 1 aromatic carbocycles. The normalized spacial score (nSPS) is 11.1. The number of nitrogens with two attached hydrogens (primary N) is 1. The quantitative estimate of drug-likeness (QED) is 0.605. The number of methoxy groups -OCH3 is 1. The van der Waals surface area contributed by atoms with Crippen molar-refractivity contribution in [2.75, 3.05) is 12.4 Å². The molecule has 0 aromatic heterocycles. The zero-order valence-corrected chi connectivity index (χ0v) is 9.65. The number of nitriles is 1. The van der Waals surface area contributed by atoms with Gasteiger partial charge in [-0.2, -0.15) is 5.26 Å². The van der Waals surface area contributed by atoms with E-state index in [-0.39, 0.29) is 5.57 Å². The van der Waals surface area contributed by atoms with Crippen molar-refractivity contribution in [2.45, 2.75) is 6.92 Å². The number of carbonyl (C=O) groups is 1. The summed E-state index contributed by atoms with van der Waals surface area (Å²) >= 11 is 0. The molecule has 0 saturated heterocycles. The maximum atomic E-state index is 11.0. The summed E-state index contributed by atoms with van der Waals surface area (Å²) in [6.07, 6.45) is 0. The number of ether oxygens (including phenoxy) is 1. The number of carbonyl (C=O) groups excluding carboxylic acids is 1. The van der Waals surface area contributed by atoms with E-state index in [1.165, 1.54) is 0 Å². The predicted octanol–water partition coefficient (Wildman–Crippen LogP) is 1.39. The lowest BCUT2D eigenvalue weighted by Gasteiger charge is -2.11. The molecule has 0 spiro atoms. The zero-order chi connectivity index (χ0) is 12.8. The second-order valence-corrected chi connectivity index (χ2v) is 3.30. The van der Waals surface area contributed by atoms with E-state index in [4.69, 9.17) is 15.7 Å². The van der Waals surface area contributed by atoms with Crippen LogP contribution in [-0.2, 0) is 4.79 Å². The van der Waals surface area contributed by atoms with E-state index >= 15 is 0 Å². The lowest BCUT2D eigenvalue weighted by molar-refractivity contribution is -0.114. The molecule has 88 valence electrons. The number of hydrogen-bond acceptors (Lipinski definition) is 4. The average Bonchev–Trinajstić information content (AvgIpc) is 2.30. The molecule has 1 aromatic rings. The van der Waals surface area contributed by atoms with Crippen molar-refractivity contribution in [3.63, 3.8) is 0 Å². The molecule has 0 atom stereocenters. The number of hydrogen-bond donors (Lipinski definition) is 2. The number of benzene rings is 1. The Morgan fingerprint density at radius 3 is 2.65 bits per heavy atom. The molecule has 0 bridgehead atoms. The topological polar surface area (TPSA) is 88.1 Å². The summed E-state index contributed by atoms with van der Waals surface area (Å²) in [6, 6.07) is 8.94. The minimum atomic E-state index is -0.757. The van der Waals surface area contributed by atoms with Crippen LogP contribution in [0.15, 0.2) is 35.5 Å². The first kappa shape index (κ1) is 12.6. The third kappa shape index (κ3) is 2.98. The van der Waals surface area contributed by atoms with Gasteiger partial charge in [0, 0.05) is 5.70 Å². The summed E-state index contributed by atoms with van der Waals surface area (Å²) in [7, 11) is 1.54. The van der Waals surface area contributed by atoms with Crippen LogP contribution in [0.1, 0.15) is 6.92 Å². The van der Waals surface area contributed by atoms with Crippen molar-refractivity contribution < 1.29 is 9.53 Å². The lowest BCUT2D eigenvalue weighted by atomic mass is 10.2. The van der Waals surface area contributed by atoms with Gasteiger partial charge in [0.2, 0.25) is 0 Å². The fourth-order valence-corrected chi connectivity index (χ4v) is 1.34. The monoisotopic (exact) mass is 231 g/mol. The van der Waals surface area contributed by atoms with Gasteiger partial charge in [0.15, 0.2) is 0 Å². The highest BCUT2D eigenvalue weighted by molar-refractivity contribution is 5.97. The number of nitrogens with zero attached hydrogens (tertiary/aromatic N) is 1. The minimum Gasteiger partial charge on any atom is -0.495 e. The molecular weight excluding hydrogens is 218 g/mol. The van der Waals surface area contributed by atoms with Gasteiger partial charge in [0.25, 0.3) is 5.91 Å². The summed E-state index contributed by atoms with van der Waals surface area (Å²) in [4.78, 5) is 11.0. The molecule has 1 rings (SSSR count). The molecule has 0 saturated carbocycles. The summed E-state index contributed by atoms with van der Waals surface area (Å²) in [5.41, 5.74) is 6.04. The van der Waals surface area contributed by atoms with Gasteiger partial charge in [-0.3, -0.25) is 4.79 Å². The summed E-state index contributed by atoms with van der Waals surface area (Å²) in [5.74, 6) is -0.138. The molecule has 3 N–H and O–H groups in total. The molecule has 5 heteroatoms. The van der Waals surface area contributed by atoms with Crippen LogP contribution in [0, 0.1) is 11.3 Å². The highest BCUT2D eigenvalue weighted by Gasteiger charge is 2.10. The number of allylic oxidation sites excluding steroid dienone is 1. The molecule has 1 amide bonds. The number of nitrogens with one attached hydrogen (secondary N) is 1. The minimum absolute atomic E-state index is 0.101. The number of amides is 1. The largest absolute Gasteiger partial charge is 0.495 e. The Labute approximate surface area is 99.5 Å². The first-order valence-corrected chi connectivity index (χ1v) is 4.91. The molecule has 0 fully saturated rings. The Hall–Kier alpha value is -2.48. The lowest BCUT2D eigenvalue weighted by Crippen LogP contribution is -2.16. The van der Waals surface area contributed by atoms with Crippen LogP contribution >= 0.6 is 0 Å². The van der Waals surface area contributed by atoms with E-state index in [0.717, 1.165) is 0 Å². The molecule has 5 nitrogen and oxygen atoms in total. The van der Waals surface area contributed by atoms with Crippen LogP contribution in [0.3, 0.4) is 0 Å². The van der Waals surface area contributed by atoms with Gasteiger partial charge in [-0.25, -0.2) is 0 Å². The standard InChI is InChI=1S/C12H13N3O2/c1-8(9(7-13)12(14)16)15-10-5-3-4-6-11(10)17-2/h3-6,15H,1-2H3,(H2,14,16)/b9-8-. The van der Waals surface area contributed by atoms with Crippen LogP contribution < -0.4 is 15.8 Å². The Kier molecular flexibility index (Phi) is 4.12. The van der Waals surface area contributed by atoms with Gasteiger partial charge in [-0.1, -0.05) is 12.1 Å². The SMILES string of the molecule is COc1ccccc1N/C(C)=C(/C#N)C(N)=O. The van der Waals surface area contributed by atoms with Crippen LogP contribution in [-0.4, -0.2) is 13.0 Å². The fourth-order valence-electron chi connectivity index (χ4n) is 1.34. The molecule has 0 aliphatic carbocycles. The average molecular weight is 231 g/mol. The Morgan fingerprint density at radius 2 is 2.12 bits per heavy atom. The van der Waals surface area contributed by atoms with E-state index in [1.807, 2.05) is 12.1 Å². The first-order valence-electron chi connectivity index (χ1n) is 4.91. The van der Waals surface area contributed by atoms with Crippen LogP contribution in [0.4, 0.5) is 5.69 Å². The molecule has 0 aliphatic rings. The summed E-state index contributed by atoms with van der Waals surface area (Å²) in [6.45, 7) is 1.61. The maximum Gasteiger partial charge on any atom is 0.261 e. The maximum absolute atomic E-state index is 11.0. The number of rotatable bonds is 4. The Balaban J connectivity index is 3.07. The Bertz CT molecular complexity index is 501. The molecular formula is C12H13N3O2. The molecule has 0 heterocycles. The predicted molar refractivity (Wildman–Crippen MR) is 64.1 cm³/mol. The van der Waals surface area contributed by atoms with Gasteiger partial charge in [0.05, 0.1) is 12.8 Å². The van der Waals surface area contributed by atoms with Gasteiger partial charge >= 0.3 is 0 Å². The smallest absolute Gasteiger partial charge is 0.261 e. The fraction of sp³-hybridized carbons (Fsp3) is 0.167. The van der Waals surface area contributed by atoms with Gasteiger partial charge in [-0.15, -0.1) is 0 Å². The van der Waals surface area contributed by atoms with Crippen molar-refractivity contribution in [3.8, 4) is 11.8 Å². The third-order valence-corrected chi connectivity index (χ3v) is 2.16. The highest BCUT2D eigenvalue weighted by Crippen LogP contribution is 2.24. The van der Waals surface area contributed by atoms with E-state index in [9.17, 15) is 4.79 Å². The van der Waals surface area contributed by atoms with Crippen molar-refractivity contribution in [3.05, 3.63) is 35.5 Å². The third-order valence-electron chi connectivity index (χ3n) is 2.16. The zero-order valence-electron chi connectivity index (χ0n) is 9.65. The van der Waals surface area contributed by atoms with Crippen LogP contribution in [0.25, 0.3) is 0 Å². The van der Waals surface area contributed by atoms with Gasteiger partial charge in [-0.05, 0) is 19.1 Å². The van der Waals surface area contributed by atoms with Crippen molar-refractivity contribution in [2.24, 2.45) is 5.73 Å². The van der Waals surface area contributed by atoms with E-state index in [0.29, 0.717) is 17.1 Å². The highest BCUT2D eigenvalue weighted by atomic mass is 16.5. The van der Waals surface area contributed by atoms with E-state index in [1.54, 1.807) is 32.2 Å². The van der Waals surface area contributed by atoms with Crippen molar-refractivity contribution in [1.82, 2.24) is 0 Å². The number of anilines is 1. The first-order chi connectivity index (χ1) is 8.10. The summed E-state index contributed by atoms with van der Waals surface area (Å²) in [5, 5.41) is 11.7. The molecule has 17 heavy (non-hydrogen) atoms. The second kappa shape index (κ2) is 5.56. The van der Waals surface area contributed by atoms with Crippen LogP contribution in [0.2, 0.25) is 0 Å². The molecule has 0 unspecified atom stereocenters. The van der Waals surface area contributed by atoms with Gasteiger partial charge < -0.3 is 15.8 Å². The number of primary amides is 1. The Morgan fingerprint density at radius 1 is 1.47 bits per heavy atom. The second-order valence-electron chi connectivity index (χ2n) is 3.30. The summed E-state index contributed by atoms with van der Waals surface area (Å²) < 4.78 is 5.14. The van der Waals surface area contributed by atoms with Crippen molar-refractivity contribution in [1.29, 1.82) is 5.26 Å². The van der Waals surface area contributed by atoms with E-state index in [2.05, 4.69) is 5.32 Å².